The Bertz CT molecular complexity index is 1860. The summed E-state index contributed by atoms with van der Waals surface area (Å²) in [4.78, 5) is 0. The van der Waals surface area contributed by atoms with Gasteiger partial charge in [0.2, 0.25) is 0 Å². The van der Waals surface area contributed by atoms with Gasteiger partial charge in [-0.2, -0.15) is 0 Å². The summed E-state index contributed by atoms with van der Waals surface area (Å²) in [7, 11) is 1.69. The van der Waals surface area contributed by atoms with Gasteiger partial charge in [-0.3, -0.25) is 0 Å². The van der Waals surface area contributed by atoms with Crippen LogP contribution in [-0.4, -0.2) is 7.11 Å². The van der Waals surface area contributed by atoms with Crippen molar-refractivity contribution in [1.29, 1.82) is 0 Å². The van der Waals surface area contributed by atoms with E-state index in [2.05, 4.69) is 91.0 Å². The summed E-state index contributed by atoms with van der Waals surface area (Å²) in [6.07, 6.45) is 0. The maximum atomic E-state index is 6.57. The Balaban J connectivity index is 1.70. The second-order valence-corrected chi connectivity index (χ2v) is 8.50. The normalized spacial score (nSPS) is 11.8. The zero-order valence-corrected chi connectivity index (χ0v) is 18.1. The van der Waals surface area contributed by atoms with Gasteiger partial charge in [0.1, 0.15) is 16.9 Å². The Morgan fingerprint density at radius 1 is 0.545 bits per heavy atom. The summed E-state index contributed by atoms with van der Waals surface area (Å²) in [5.41, 5.74) is 4.05. The van der Waals surface area contributed by atoms with E-state index in [0.29, 0.717) is 0 Å². The Kier molecular flexibility index (Phi) is 3.80. The van der Waals surface area contributed by atoms with Gasteiger partial charge in [-0.25, -0.2) is 0 Å². The molecule has 2 heteroatoms. The van der Waals surface area contributed by atoms with Gasteiger partial charge in [-0.15, -0.1) is 0 Å². The maximum Gasteiger partial charge on any atom is 0.143 e. The summed E-state index contributed by atoms with van der Waals surface area (Å²) in [6.45, 7) is 0. The fourth-order valence-corrected chi connectivity index (χ4v) is 5.21. The van der Waals surface area contributed by atoms with E-state index in [1.165, 1.54) is 37.9 Å². The van der Waals surface area contributed by atoms with Crippen LogP contribution in [0.25, 0.3) is 65.4 Å². The van der Waals surface area contributed by atoms with Gasteiger partial charge >= 0.3 is 0 Å². The van der Waals surface area contributed by atoms with E-state index in [0.717, 1.165) is 33.3 Å². The quantitative estimate of drug-likeness (QED) is 0.259. The lowest BCUT2D eigenvalue weighted by Gasteiger charge is -2.13. The molecule has 156 valence electrons. The Hall–Kier alpha value is -4.30. The molecule has 0 fully saturated rings. The van der Waals surface area contributed by atoms with Crippen molar-refractivity contribution in [3.05, 3.63) is 103 Å². The lowest BCUT2D eigenvalue weighted by atomic mass is 9.90. The van der Waals surface area contributed by atoms with Crippen molar-refractivity contribution < 1.29 is 9.15 Å². The van der Waals surface area contributed by atoms with Gasteiger partial charge < -0.3 is 9.15 Å². The number of rotatable bonds is 2. The maximum absolute atomic E-state index is 6.57. The molecule has 0 aliphatic rings. The van der Waals surface area contributed by atoms with Crippen molar-refractivity contribution in [2.24, 2.45) is 0 Å². The lowest BCUT2D eigenvalue weighted by Crippen LogP contribution is -1.86. The van der Waals surface area contributed by atoms with Crippen LogP contribution in [0.5, 0.6) is 5.75 Å². The second-order valence-electron chi connectivity index (χ2n) is 8.50. The SMILES string of the molecule is COc1ccc2c(c1)oc1c(-c3cc4ccccc4c4ccccc34)cc3ccccc3c12. The summed E-state index contributed by atoms with van der Waals surface area (Å²) >= 11 is 0. The van der Waals surface area contributed by atoms with Crippen LogP contribution >= 0.6 is 0 Å². The van der Waals surface area contributed by atoms with Crippen LogP contribution in [0.15, 0.2) is 108 Å². The molecule has 1 aromatic heterocycles. The minimum Gasteiger partial charge on any atom is -0.497 e. The predicted octanol–water partition coefficient (Wildman–Crippen LogP) is 8.72. The third kappa shape index (κ3) is 2.61. The number of ether oxygens (including phenoxy) is 1. The molecular formula is C31H20O2. The number of hydrogen-bond acceptors (Lipinski definition) is 2. The number of furan rings is 1. The van der Waals surface area contributed by atoms with Crippen molar-refractivity contribution in [3.63, 3.8) is 0 Å². The summed E-state index contributed by atoms with van der Waals surface area (Å²) in [5.74, 6) is 0.795. The number of benzene rings is 6. The number of methoxy groups -OCH3 is 1. The van der Waals surface area contributed by atoms with Crippen molar-refractivity contribution in [1.82, 2.24) is 0 Å². The predicted molar refractivity (Wildman–Crippen MR) is 138 cm³/mol. The van der Waals surface area contributed by atoms with Gasteiger partial charge in [-0.05, 0) is 62.1 Å². The van der Waals surface area contributed by atoms with Gasteiger partial charge in [0.05, 0.1) is 7.11 Å². The van der Waals surface area contributed by atoms with E-state index in [1.54, 1.807) is 7.11 Å². The van der Waals surface area contributed by atoms with Crippen LogP contribution in [0.1, 0.15) is 0 Å². The van der Waals surface area contributed by atoms with Crippen molar-refractivity contribution >= 4 is 54.3 Å². The van der Waals surface area contributed by atoms with Crippen molar-refractivity contribution in [3.8, 4) is 16.9 Å². The summed E-state index contributed by atoms with van der Waals surface area (Å²) < 4.78 is 12.0. The molecule has 0 unspecified atom stereocenters. The van der Waals surface area contributed by atoms with Gasteiger partial charge in [0, 0.05) is 22.4 Å². The fraction of sp³-hybridized carbons (Fsp3) is 0.0323. The average Bonchev–Trinajstić information content (AvgIpc) is 3.27. The highest BCUT2D eigenvalue weighted by molar-refractivity contribution is 6.25. The molecule has 6 aromatic carbocycles. The number of fused-ring (bicyclic) bond motifs is 8. The highest BCUT2D eigenvalue weighted by Crippen LogP contribution is 2.44. The third-order valence-electron chi connectivity index (χ3n) is 6.73. The Labute approximate surface area is 190 Å². The first-order valence-electron chi connectivity index (χ1n) is 11.1. The molecule has 0 N–H and O–H groups in total. The third-order valence-corrected chi connectivity index (χ3v) is 6.73. The van der Waals surface area contributed by atoms with E-state index < -0.39 is 0 Å². The lowest BCUT2D eigenvalue weighted by molar-refractivity contribution is 0.414. The van der Waals surface area contributed by atoms with Gasteiger partial charge in [0.25, 0.3) is 0 Å². The van der Waals surface area contributed by atoms with Crippen molar-refractivity contribution in [2.75, 3.05) is 7.11 Å². The molecule has 0 amide bonds. The molecule has 1 heterocycles. The second kappa shape index (κ2) is 6.85. The molecule has 0 saturated heterocycles. The van der Waals surface area contributed by atoms with Crippen LogP contribution in [0.2, 0.25) is 0 Å². The zero-order chi connectivity index (χ0) is 21.9. The molecule has 0 radical (unpaired) electrons. The molecule has 0 saturated carbocycles. The minimum absolute atomic E-state index is 0.795. The molecule has 0 bridgehead atoms. The zero-order valence-electron chi connectivity index (χ0n) is 18.1. The first-order chi connectivity index (χ1) is 16.3. The minimum atomic E-state index is 0.795. The topological polar surface area (TPSA) is 22.4 Å². The first kappa shape index (κ1) is 18.3. The van der Waals surface area contributed by atoms with Crippen LogP contribution in [0.3, 0.4) is 0 Å². The van der Waals surface area contributed by atoms with Crippen LogP contribution < -0.4 is 4.74 Å². The fourth-order valence-electron chi connectivity index (χ4n) is 5.21. The Morgan fingerprint density at radius 3 is 1.97 bits per heavy atom. The molecule has 2 nitrogen and oxygen atoms in total. The smallest absolute Gasteiger partial charge is 0.143 e. The Morgan fingerprint density at radius 2 is 1.18 bits per heavy atom. The standard InChI is InChI=1S/C31H20O2/c1-32-21-14-15-26-29(18-21)33-31-28(17-20-9-3-5-11-23(20)30(26)31)27-16-19-8-2-4-10-22(19)24-12-6-7-13-25(24)27/h2-18H,1H3. The summed E-state index contributed by atoms with van der Waals surface area (Å²) in [6, 6.07) is 36.5. The van der Waals surface area contributed by atoms with E-state index in [4.69, 9.17) is 9.15 Å². The van der Waals surface area contributed by atoms with Crippen LogP contribution in [0.4, 0.5) is 0 Å². The molecule has 0 aliphatic carbocycles. The largest absolute Gasteiger partial charge is 0.497 e. The molecule has 0 aliphatic heterocycles. The highest BCUT2D eigenvalue weighted by atomic mass is 16.5. The first-order valence-corrected chi connectivity index (χ1v) is 11.1. The van der Waals surface area contributed by atoms with Crippen LogP contribution in [-0.2, 0) is 0 Å². The van der Waals surface area contributed by atoms with E-state index in [9.17, 15) is 0 Å². The number of hydrogen-bond donors (Lipinski definition) is 0. The van der Waals surface area contributed by atoms with Gasteiger partial charge in [-0.1, -0.05) is 72.8 Å². The van der Waals surface area contributed by atoms with Crippen molar-refractivity contribution in [2.45, 2.75) is 0 Å². The molecule has 0 atom stereocenters. The van der Waals surface area contributed by atoms with E-state index >= 15 is 0 Å². The van der Waals surface area contributed by atoms with E-state index in [1.807, 2.05) is 12.1 Å². The van der Waals surface area contributed by atoms with E-state index in [-0.39, 0.29) is 0 Å². The average molecular weight is 424 g/mol. The monoisotopic (exact) mass is 424 g/mol. The molecule has 7 aromatic rings. The molecule has 33 heavy (non-hydrogen) atoms. The highest BCUT2D eigenvalue weighted by Gasteiger charge is 2.18. The molecule has 7 rings (SSSR count). The summed E-state index contributed by atoms with van der Waals surface area (Å²) in [5, 5.41) is 9.64. The van der Waals surface area contributed by atoms with Crippen LogP contribution in [0, 0.1) is 0 Å². The molecular weight excluding hydrogens is 404 g/mol. The van der Waals surface area contributed by atoms with Gasteiger partial charge in [0.15, 0.2) is 0 Å². The molecule has 0 spiro atoms.